The molecule has 33 heteroatoms. The Kier molecular flexibility index (Phi) is 33.9. The van der Waals surface area contributed by atoms with Crippen LogP contribution in [0.15, 0.2) is 96.2 Å². The van der Waals surface area contributed by atoms with Crippen LogP contribution in [0.2, 0.25) is 0 Å². The first-order chi connectivity index (χ1) is 51.5. The third-order valence-electron chi connectivity index (χ3n) is 19.2. The molecule has 0 radical (unpaired) electrons. The number of carbonyl (C=O) groups excluding carboxylic acids is 13. The van der Waals surface area contributed by atoms with Crippen molar-refractivity contribution in [3.05, 3.63) is 108 Å². The lowest BCUT2D eigenvalue weighted by Gasteiger charge is -2.32. The number of nitrogens with two attached hydrogens (primary N) is 7. The van der Waals surface area contributed by atoms with Gasteiger partial charge in [-0.2, -0.15) is 0 Å². The maximum atomic E-state index is 15.4. The highest BCUT2D eigenvalue weighted by atomic mass is 16.2. The first-order valence-electron chi connectivity index (χ1n) is 37.1. The summed E-state index contributed by atoms with van der Waals surface area (Å²) in [5, 5.41) is 23.5. The molecule has 0 aliphatic carbocycles. The third-order valence-corrected chi connectivity index (χ3v) is 19.2. The van der Waals surface area contributed by atoms with Gasteiger partial charge in [0.25, 0.3) is 0 Å². The number of aromatic amines is 2. The minimum absolute atomic E-state index is 0. The number of fused-ring (bicyclic) bond motifs is 2. The summed E-state index contributed by atoms with van der Waals surface area (Å²) in [4.78, 5) is 197. The number of rotatable bonds is 43. The molecule has 2 aromatic heterocycles. The Morgan fingerprint density at radius 1 is 0.468 bits per heavy atom. The first-order valence-corrected chi connectivity index (χ1v) is 37.1. The highest BCUT2D eigenvalue weighted by molar-refractivity contribution is 6.00. The molecule has 0 unspecified atom stereocenters. The summed E-state index contributed by atoms with van der Waals surface area (Å²) in [6.07, 6.45) is 4.13. The maximum Gasteiger partial charge on any atom is 0.245 e. The van der Waals surface area contributed by atoms with E-state index < -0.39 is 169 Å². The Morgan fingerprint density at radius 3 is 1.36 bits per heavy atom. The van der Waals surface area contributed by atoms with Crippen molar-refractivity contribution < 1.29 is 62.3 Å². The van der Waals surface area contributed by atoms with Crippen LogP contribution in [0.1, 0.15) is 148 Å². The fraction of sp³-hybridized carbons (Fsp3) is 0.526. The minimum Gasteiger partial charge on any atom is -0.370 e. The molecule has 24 N–H and O–H groups in total. The van der Waals surface area contributed by atoms with Gasteiger partial charge in [-0.05, 0) is 131 Å². The summed E-state index contributed by atoms with van der Waals surface area (Å²) in [5.41, 5.74) is 43.1. The van der Waals surface area contributed by atoms with E-state index in [9.17, 15) is 47.9 Å². The van der Waals surface area contributed by atoms with Crippen LogP contribution in [-0.2, 0) is 81.6 Å². The SMILES string of the molecule is C.CC(C)C[C@H](NC(=O)[C@H](CC(C)C)NC(=O)[C@@H](Cc1c[nH]c2ccccc12)NC(=O)[C@H](Cc1ccccc1)NC(=O)[C@@H](Cc1c[nH]c2ccccc12)NC(=O)[C@H](CCC(N)=O)NC(=O)[C@H](CCC(N)=O)NC(=O)[C@@H]1CCCN1C(=O)[C@H](CCCCN)NC(=O)[C@H]1CCCN1C(=O)[C@H](N)CCCN=C(N)N)C(N)=O. The van der Waals surface area contributed by atoms with Crippen molar-refractivity contribution in [2.24, 2.45) is 57.0 Å². The summed E-state index contributed by atoms with van der Waals surface area (Å²) in [7, 11) is 0. The van der Waals surface area contributed by atoms with Crippen molar-refractivity contribution in [3.8, 4) is 0 Å². The van der Waals surface area contributed by atoms with Crippen molar-refractivity contribution in [2.75, 3.05) is 26.2 Å². The average Bonchev–Trinajstić information content (AvgIpc) is 1.74. The van der Waals surface area contributed by atoms with Gasteiger partial charge in [-0.15, -0.1) is 0 Å². The molecule has 2 aliphatic heterocycles. The normalized spacial score (nSPS) is 16.6. The Morgan fingerprint density at radius 2 is 0.881 bits per heavy atom. The number of likely N-dealkylation sites (tertiary alicyclic amines) is 2. The molecule has 3 aromatic carbocycles. The molecule has 2 saturated heterocycles. The lowest BCUT2D eigenvalue weighted by Crippen LogP contribution is -2.61. The van der Waals surface area contributed by atoms with Gasteiger partial charge < -0.3 is 102 Å². The van der Waals surface area contributed by atoms with E-state index in [-0.39, 0.29) is 103 Å². The highest BCUT2D eigenvalue weighted by Crippen LogP contribution is 2.26. The van der Waals surface area contributed by atoms with Crippen LogP contribution in [0.5, 0.6) is 0 Å². The molecule has 109 heavy (non-hydrogen) atoms. The van der Waals surface area contributed by atoms with Crippen molar-refractivity contribution in [1.29, 1.82) is 0 Å². The van der Waals surface area contributed by atoms with Crippen LogP contribution in [0.4, 0.5) is 0 Å². The molecule has 2 aliphatic rings. The number of guanidine groups is 1. The molecule has 7 rings (SSSR count). The average molecular weight is 1510 g/mol. The number of nitrogens with zero attached hydrogens (tertiary/aromatic N) is 3. The second kappa shape index (κ2) is 42.5. The molecule has 0 saturated carbocycles. The van der Waals surface area contributed by atoms with Gasteiger partial charge in [0.1, 0.15) is 60.4 Å². The molecule has 13 amide bonds. The monoisotopic (exact) mass is 1510 g/mol. The quantitative estimate of drug-likeness (QED) is 0.0136. The number of para-hydroxylation sites is 2. The number of benzene rings is 3. The van der Waals surface area contributed by atoms with E-state index in [0.29, 0.717) is 66.1 Å². The molecular weight excluding hydrogens is 1400 g/mol. The lowest BCUT2D eigenvalue weighted by atomic mass is 9.98. The summed E-state index contributed by atoms with van der Waals surface area (Å²) >= 11 is 0. The van der Waals surface area contributed by atoms with Gasteiger partial charge in [-0.3, -0.25) is 67.3 Å². The van der Waals surface area contributed by atoms with Gasteiger partial charge in [0.15, 0.2) is 5.96 Å². The Bertz CT molecular complexity index is 3990. The van der Waals surface area contributed by atoms with Crippen molar-refractivity contribution >= 4 is 105 Å². The fourth-order valence-electron chi connectivity index (χ4n) is 13.6. The van der Waals surface area contributed by atoms with E-state index >= 15 is 14.4 Å². The zero-order valence-electron chi connectivity index (χ0n) is 61.9. The zero-order chi connectivity index (χ0) is 78.7. The molecule has 2 fully saturated rings. The van der Waals surface area contributed by atoms with Crippen molar-refractivity contribution in [1.82, 2.24) is 62.3 Å². The smallest absolute Gasteiger partial charge is 0.245 e. The fourth-order valence-corrected chi connectivity index (χ4v) is 13.6. The Labute approximate surface area is 634 Å². The largest absolute Gasteiger partial charge is 0.370 e. The van der Waals surface area contributed by atoms with Crippen molar-refractivity contribution in [2.45, 2.75) is 217 Å². The van der Waals surface area contributed by atoms with E-state index in [1.807, 2.05) is 45.9 Å². The molecule has 4 heterocycles. The molecule has 11 atom stereocenters. The van der Waals surface area contributed by atoms with Crippen LogP contribution in [-0.4, -0.2) is 195 Å². The summed E-state index contributed by atoms with van der Waals surface area (Å²) in [6, 6.07) is 8.67. The minimum atomic E-state index is -1.69. The van der Waals surface area contributed by atoms with Gasteiger partial charge in [0, 0.05) is 85.9 Å². The van der Waals surface area contributed by atoms with Crippen LogP contribution >= 0.6 is 0 Å². The number of hydrogen-bond acceptors (Lipinski definition) is 16. The predicted octanol–water partition coefficient (Wildman–Crippen LogP) is -0.208. The maximum absolute atomic E-state index is 15.4. The van der Waals surface area contributed by atoms with Gasteiger partial charge >= 0.3 is 0 Å². The van der Waals surface area contributed by atoms with E-state index in [4.69, 9.17) is 40.1 Å². The summed E-state index contributed by atoms with van der Waals surface area (Å²) in [5.74, 6) is -10.6. The molecular formula is C76H112N20O13. The first kappa shape index (κ1) is 87.0. The van der Waals surface area contributed by atoms with Crippen LogP contribution < -0.4 is 82.7 Å². The van der Waals surface area contributed by atoms with Crippen molar-refractivity contribution in [3.63, 3.8) is 0 Å². The van der Waals surface area contributed by atoms with E-state index in [1.54, 1.807) is 73.1 Å². The Hall–Kier alpha value is -11.0. The van der Waals surface area contributed by atoms with E-state index in [0.717, 1.165) is 10.9 Å². The standard InChI is InChI=1S/C75H108N20O13.CH4/c1-42(2)35-55(64(80)98)89-67(101)56(36-43(3)4)90-69(103)59(39-46-41-85-51-23-11-9-20-48(46)51)93-68(102)57(37-44-17-6-5-7-18-44)91-70(104)58(38-45-40-84-50-22-10-8-19-47(45)50)92-66(100)52(27-29-62(78)96)86-65(99)53(28-30-63(79)97)87-71(105)61-26-16-34-95(61)74(108)54(24-12-13-31-76)88-72(106)60-25-15-33-94(60)73(107)49(77)21-14-32-83-75(81)82;/h5-11,17-20,22-23,40-43,49,52-61,84-85H,12-16,21,24-39,76-77H2,1-4H3,(H2,78,96)(H2,79,97)(H2,80,98)(H,86,99)(H,87,105)(H,88,106)(H,89,101)(H,90,103)(H,91,104)(H,92,100)(H,93,102)(H4,81,82,83);1H4/t49-,52+,53+,54+,55+,56+,57+,58-,59-,60-,61+;/m1./s1. The molecule has 0 bridgehead atoms. The van der Waals surface area contributed by atoms with Gasteiger partial charge in [0.05, 0.1) is 6.04 Å². The molecule has 33 nitrogen and oxygen atoms in total. The van der Waals surface area contributed by atoms with Gasteiger partial charge in [-0.25, -0.2) is 0 Å². The number of hydrogen-bond donors (Lipinski definition) is 17. The van der Waals surface area contributed by atoms with Crippen LogP contribution in [0, 0.1) is 11.8 Å². The molecule has 594 valence electrons. The van der Waals surface area contributed by atoms with Gasteiger partial charge in [0.2, 0.25) is 76.8 Å². The van der Waals surface area contributed by atoms with Crippen LogP contribution in [0.25, 0.3) is 21.8 Å². The predicted molar refractivity (Wildman–Crippen MR) is 412 cm³/mol. The number of primary amides is 3. The highest BCUT2D eigenvalue weighted by Gasteiger charge is 2.43. The number of nitrogens with one attached hydrogen (secondary N) is 10. The molecule has 0 spiro atoms. The number of H-pyrrole nitrogens is 2. The number of unbranched alkanes of at least 4 members (excludes halogenated alkanes) is 1. The second-order valence-electron chi connectivity index (χ2n) is 28.7. The zero-order valence-corrected chi connectivity index (χ0v) is 61.9. The second-order valence-corrected chi connectivity index (χ2v) is 28.7. The number of carbonyl (C=O) groups is 13. The van der Waals surface area contributed by atoms with E-state index in [1.165, 1.54) is 9.80 Å². The number of aromatic nitrogens is 2. The topological polar surface area (TPSA) is 551 Å². The van der Waals surface area contributed by atoms with Gasteiger partial charge in [-0.1, -0.05) is 102 Å². The lowest BCUT2D eigenvalue weighted by molar-refractivity contribution is -0.144. The molecule has 5 aromatic rings. The summed E-state index contributed by atoms with van der Waals surface area (Å²) < 4.78 is 0. The summed E-state index contributed by atoms with van der Waals surface area (Å²) in [6.45, 7) is 8.24. The van der Waals surface area contributed by atoms with Crippen LogP contribution in [0.3, 0.4) is 0 Å². The number of aliphatic imine (C=N–C) groups is 1. The Balaban J connectivity index is 0.0000186. The number of amides is 13. The van der Waals surface area contributed by atoms with E-state index in [2.05, 4.69) is 57.5 Å². The third kappa shape index (κ3) is 26.2.